The first-order valence-corrected chi connectivity index (χ1v) is 9.75. The Kier molecular flexibility index (Phi) is 5.20. The van der Waals surface area contributed by atoms with Crippen LogP contribution in [0.5, 0.6) is 0 Å². The van der Waals surface area contributed by atoms with Crippen LogP contribution >= 0.6 is 11.3 Å². The first kappa shape index (κ1) is 18.0. The van der Waals surface area contributed by atoms with Crippen LogP contribution in [0.4, 0.5) is 9.93 Å². The maximum atomic E-state index is 12.4. The number of hydrogen-bond donors (Lipinski definition) is 2. The Balaban J connectivity index is 1.59. The number of nitrogens with one attached hydrogen (secondary N) is 2. The van der Waals surface area contributed by atoms with Gasteiger partial charge in [-0.2, -0.15) is 5.10 Å². The van der Waals surface area contributed by atoms with Crippen LogP contribution in [0.15, 0.2) is 69.8 Å². The summed E-state index contributed by atoms with van der Waals surface area (Å²) in [4.78, 5) is 18.6. The molecule has 1 aromatic carbocycles. The van der Waals surface area contributed by atoms with Crippen LogP contribution in [0.3, 0.4) is 0 Å². The van der Waals surface area contributed by atoms with Gasteiger partial charge in [0.1, 0.15) is 5.76 Å². The van der Waals surface area contributed by atoms with Gasteiger partial charge in [0.25, 0.3) is 0 Å². The van der Waals surface area contributed by atoms with E-state index in [1.54, 1.807) is 23.4 Å². The van der Waals surface area contributed by atoms with Crippen molar-refractivity contribution in [3.8, 4) is 0 Å². The number of hydrogen-bond acceptors (Lipinski definition) is 6. The number of furan rings is 1. The zero-order valence-corrected chi connectivity index (χ0v) is 16.0. The molecule has 2 aromatic heterocycles. The minimum atomic E-state index is -0.252. The molecule has 3 aromatic rings. The normalized spacial score (nSPS) is 16.9. The highest BCUT2D eigenvalue weighted by Gasteiger charge is 2.29. The van der Waals surface area contributed by atoms with E-state index < -0.39 is 0 Å². The average molecular weight is 393 g/mol. The number of rotatable bonds is 6. The van der Waals surface area contributed by atoms with E-state index in [0.29, 0.717) is 17.4 Å². The van der Waals surface area contributed by atoms with Gasteiger partial charge >= 0.3 is 6.03 Å². The van der Waals surface area contributed by atoms with Crippen molar-refractivity contribution in [2.45, 2.75) is 13.0 Å². The van der Waals surface area contributed by atoms with E-state index in [1.807, 2.05) is 54.9 Å². The van der Waals surface area contributed by atoms with E-state index in [-0.39, 0.29) is 12.1 Å². The molecule has 8 heteroatoms. The summed E-state index contributed by atoms with van der Waals surface area (Å²) < 4.78 is 5.21. The molecule has 4 rings (SSSR count). The third-order valence-electron chi connectivity index (χ3n) is 4.30. The minimum absolute atomic E-state index is 0.114. The zero-order valence-electron chi connectivity index (χ0n) is 15.2. The Morgan fingerprint density at radius 3 is 2.93 bits per heavy atom. The maximum absolute atomic E-state index is 12.4. The predicted molar refractivity (Wildman–Crippen MR) is 110 cm³/mol. The highest BCUT2D eigenvalue weighted by atomic mass is 32.1. The van der Waals surface area contributed by atoms with E-state index in [4.69, 9.17) is 4.42 Å². The highest BCUT2D eigenvalue weighted by Crippen LogP contribution is 2.34. The fourth-order valence-electron chi connectivity index (χ4n) is 2.92. The third-order valence-corrected chi connectivity index (χ3v) is 5.05. The number of anilines is 1. The lowest BCUT2D eigenvalue weighted by Crippen LogP contribution is -2.43. The summed E-state index contributed by atoms with van der Waals surface area (Å²) >= 11 is 1.45. The fraction of sp³-hybridized carbons (Fsp3) is 0.150. The molecule has 0 bridgehead atoms. The van der Waals surface area contributed by atoms with Crippen molar-refractivity contribution in [3.05, 3.63) is 77.3 Å². The summed E-state index contributed by atoms with van der Waals surface area (Å²) in [5, 5.41) is 9.83. The summed E-state index contributed by atoms with van der Waals surface area (Å²) in [5.41, 5.74) is 5.67. The molecule has 0 saturated carbocycles. The topological polar surface area (TPSA) is 82.8 Å². The van der Waals surface area contributed by atoms with Crippen molar-refractivity contribution in [2.24, 2.45) is 5.10 Å². The molecule has 2 N–H and O–H groups in total. The number of aromatic nitrogens is 1. The number of benzene rings is 1. The summed E-state index contributed by atoms with van der Waals surface area (Å²) in [6.07, 6.45) is 5.06. The van der Waals surface area contributed by atoms with Gasteiger partial charge in [-0.1, -0.05) is 30.3 Å². The number of amides is 2. The maximum Gasteiger partial charge on any atom is 0.322 e. The number of carbonyl (C=O) groups is 1. The van der Waals surface area contributed by atoms with Crippen LogP contribution in [-0.2, 0) is 0 Å². The average Bonchev–Trinajstić information content (AvgIpc) is 3.41. The molecule has 0 radical (unpaired) electrons. The van der Waals surface area contributed by atoms with E-state index >= 15 is 0 Å². The lowest BCUT2D eigenvalue weighted by Gasteiger charge is -2.31. The van der Waals surface area contributed by atoms with E-state index in [9.17, 15) is 4.79 Å². The number of hydrazone groups is 1. The molecule has 142 valence electrons. The lowest BCUT2D eigenvalue weighted by atomic mass is 9.96. The monoisotopic (exact) mass is 393 g/mol. The van der Waals surface area contributed by atoms with Gasteiger partial charge in [-0.15, -0.1) is 11.3 Å². The first-order chi connectivity index (χ1) is 13.7. The molecule has 0 unspecified atom stereocenters. The number of carbonyl (C=O) groups excluding carboxylic acids is 1. The van der Waals surface area contributed by atoms with Gasteiger partial charge in [0.05, 0.1) is 24.2 Å². The van der Waals surface area contributed by atoms with Gasteiger partial charge in [0, 0.05) is 23.7 Å². The molecule has 0 spiro atoms. The van der Waals surface area contributed by atoms with Crippen LogP contribution in [-0.4, -0.2) is 28.7 Å². The predicted octanol–water partition coefficient (Wildman–Crippen LogP) is 4.31. The van der Waals surface area contributed by atoms with Crippen LogP contribution in [0.25, 0.3) is 5.57 Å². The van der Waals surface area contributed by atoms with Gasteiger partial charge in [0.2, 0.25) is 5.13 Å². The van der Waals surface area contributed by atoms with E-state index in [2.05, 4.69) is 20.8 Å². The second-order valence-electron chi connectivity index (χ2n) is 6.09. The Morgan fingerprint density at radius 2 is 2.18 bits per heavy atom. The van der Waals surface area contributed by atoms with Crippen LogP contribution in [0, 0.1) is 0 Å². The second kappa shape index (κ2) is 8.10. The van der Waals surface area contributed by atoms with E-state index in [0.717, 1.165) is 16.8 Å². The SMILES string of the molecule is CCN1C=C(c2csc(N/N=C\c3ccco3)n2)[C@@H](c2ccccc2)NC1=O. The standard InChI is InChI=1S/C20H19N5O2S/c1-2-25-12-16(18(23-20(25)26)14-7-4-3-5-8-14)17-13-28-19(22-17)24-21-11-15-9-6-10-27-15/h3-13,18H,2H2,1H3,(H,22,24)(H,23,26)/b21-11-/t18-/m1/s1. The minimum Gasteiger partial charge on any atom is -0.463 e. The Hall–Kier alpha value is -3.39. The summed E-state index contributed by atoms with van der Waals surface area (Å²) in [7, 11) is 0. The van der Waals surface area contributed by atoms with Gasteiger partial charge in [-0.25, -0.2) is 9.78 Å². The molecule has 7 nitrogen and oxygen atoms in total. The van der Waals surface area contributed by atoms with Crippen molar-refractivity contribution in [2.75, 3.05) is 12.0 Å². The van der Waals surface area contributed by atoms with Crippen molar-refractivity contribution >= 4 is 34.3 Å². The number of thiazole rings is 1. The number of nitrogens with zero attached hydrogens (tertiary/aromatic N) is 3. The molecule has 1 aliphatic rings. The Labute approximate surface area is 166 Å². The first-order valence-electron chi connectivity index (χ1n) is 8.87. The van der Waals surface area contributed by atoms with E-state index in [1.165, 1.54) is 11.3 Å². The third kappa shape index (κ3) is 3.81. The fourth-order valence-corrected chi connectivity index (χ4v) is 3.58. The summed E-state index contributed by atoms with van der Waals surface area (Å²) in [5.74, 6) is 0.657. The van der Waals surface area contributed by atoms with Crippen LogP contribution in [0.1, 0.15) is 30.0 Å². The summed E-state index contributed by atoms with van der Waals surface area (Å²) in [6, 6.07) is 13.1. The molecule has 2 amide bonds. The van der Waals surface area contributed by atoms with Gasteiger partial charge in [-0.3, -0.25) is 5.43 Å². The molecule has 1 atom stereocenters. The zero-order chi connectivity index (χ0) is 19.3. The van der Waals surface area contributed by atoms with Gasteiger partial charge in [-0.05, 0) is 24.6 Å². The van der Waals surface area contributed by atoms with Crippen molar-refractivity contribution in [1.82, 2.24) is 15.2 Å². The van der Waals surface area contributed by atoms with Gasteiger partial charge < -0.3 is 14.6 Å². The Bertz CT molecular complexity index is 995. The largest absolute Gasteiger partial charge is 0.463 e. The highest BCUT2D eigenvalue weighted by molar-refractivity contribution is 7.13. The van der Waals surface area contributed by atoms with Crippen molar-refractivity contribution in [1.29, 1.82) is 0 Å². The molecule has 28 heavy (non-hydrogen) atoms. The quantitative estimate of drug-likeness (QED) is 0.483. The summed E-state index contributed by atoms with van der Waals surface area (Å²) in [6.45, 7) is 2.52. The molecular weight excluding hydrogens is 374 g/mol. The molecule has 0 fully saturated rings. The molecular formula is C20H19N5O2S. The number of urea groups is 1. The second-order valence-corrected chi connectivity index (χ2v) is 6.95. The molecule has 3 heterocycles. The van der Waals surface area contributed by atoms with Crippen molar-refractivity contribution < 1.29 is 9.21 Å². The van der Waals surface area contributed by atoms with Crippen LogP contribution in [0.2, 0.25) is 0 Å². The van der Waals surface area contributed by atoms with Crippen molar-refractivity contribution in [3.63, 3.8) is 0 Å². The van der Waals surface area contributed by atoms with Gasteiger partial charge in [0.15, 0.2) is 0 Å². The lowest BCUT2D eigenvalue weighted by molar-refractivity contribution is 0.212. The molecule has 1 aliphatic heterocycles. The smallest absolute Gasteiger partial charge is 0.322 e. The molecule has 0 aliphatic carbocycles. The van der Waals surface area contributed by atoms with Crippen LogP contribution < -0.4 is 10.7 Å². The Morgan fingerprint density at radius 1 is 1.32 bits per heavy atom. The molecule has 0 saturated heterocycles.